The number of fused-ring (bicyclic) bond motifs is 1. The normalized spacial score (nSPS) is 11.5. The third-order valence-electron chi connectivity index (χ3n) is 3.17. The topological polar surface area (TPSA) is 33.1 Å². The Hall–Kier alpha value is -1.39. The van der Waals surface area contributed by atoms with E-state index in [2.05, 4.69) is 51.9 Å². The molecule has 2 aromatic rings. The molecule has 18 heavy (non-hydrogen) atoms. The molecule has 0 amide bonds. The number of nitrogens with one attached hydrogen (secondary N) is 1. The van der Waals surface area contributed by atoms with Crippen LogP contribution < -0.4 is 5.32 Å². The second-order valence-electron chi connectivity index (χ2n) is 4.58. The SMILES string of the molecule is CCNCCN(C)CCn1cnc2ccccc21. The fraction of sp³-hybridized carbons (Fsp3) is 0.500. The van der Waals surface area contributed by atoms with E-state index in [1.54, 1.807) is 0 Å². The molecule has 0 spiro atoms. The Bertz CT molecular complexity index is 477. The van der Waals surface area contributed by atoms with Gasteiger partial charge >= 0.3 is 0 Å². The molecule has 1 aromatic carbocycles. The minimum absolute atomic E-state index is 0.989. The van der Waals surface area contributed by atoms with Crippen molar-refractivity contribution < 1.29 is 0 Å². The van der Waals surface area contributed by atoms with Crippen LogP contribution in [0.1, 0.15) is 6.92 Å². The third kappa shape index (κ3) is 3.31. The average Bonchev–Trinajstić information content (AvgIpc) is 2.80. The van der Waals surface area contributed by atoms with Crippen LogP contribution in [0.3, 0.4) is 0 Å². The van der Waals surface area contributed by atoms with Crippen molar-refractivity contribution in [1.82, 2.24) is 19.8 Å². The van der Waals surface area contributed by atoms with Gasteiger partial charge in [-0.1, -0.05) is 19.1 Å². The molecule has 98 valence electrons. The zero-order valence-electron chi connectivity index (χ0n) is 11.3. The van der Waals surface area contributed by atoms with Crippen molar-refractivity contribution >= 4 is 11.0 Å². The van der Waals surface area contributed by atoms with Gasteiger partial charge in [0.1, 0.15) is 0 Å². The van der Waals surface area contributed by atoms with Gasteiger partial charge in [0.15, 0.2) is 0 Å². The third-order valence-corrected chi connectivity index (χ3v) is 3.17. The van der Waals surface area contributed by atoms with Gasteiger partial charge in [-0.2, -0.15) is 0 Å². The lowest BCUT2D eigenvalue weighted by atomic mass is 10.3. The van der Waals surface area contributed by atoms with Crippen LogP contribution in [0.15, 0.2) is 30.6 Å². The Kier molecular flexibility index (Phi) is 4.73. The molecule has 0 saturated carbocycles. The predicted molar refractivity (Wildman–Crippen MR) is 75.8 cm³/mol. The van der Waals surface area contributed by atoms with Gasteiger partial charge in [-0.15, -0.1) is 0 Å². The number of nitrogens with zero attached hydrogens (tertiary/aromatic N) is 3. The van der Waals surface area contributed by atoms with E-state index in [4.69, 9.17) is 0 Å². The number of hydrogen-bond acceptors (Lipinski definition) is 3. The van der Waals surface area contributed by atoms with Crippen LogP contribution in [-0.4, -0.2) is 47.7 Å². The van der Waals surface area contributed by atoms with Gasteiger partial charge in [-0.25, -0.2) is 4.98 Å². The lowest BCUT2D eigenvalue weighted by molar-refractivity contribution is 0.319. The van der Waals surface area contributed by atoms with Crippen molar-refractivity contribution in [2.45, 2.75) is 13.5 Å². The lowest BCUT2D eigenvalue weighted by Crippen LogP contribution is -2.31. The maximum atomic E-state index is 4.40. The summed E-state index contributed by atoms with van der Waals surface area (Å²) in [5.74, 6) is 0. The Labute approximate surface area is 109 Å². The van der Waals surface area contributed by atoms with Crippen molar-refractivity contribution in [3.8, 4) is 0 Å². The molecule has 0 aliphatic rings. The number of benzene rings is 1. The molecular weight excluding hydrogens is 224 g/mol. The zero-order chi connectivity index (χ0) is 12.8. The van der Waals surface area contributed by atoms with Crippen LogP contribution in [0, 0.1) is 0 Å². The molecule has 0 bridgehead atoms. The summed E-state index contributed by atoms with van der Waals surface area (Å²) in [4.78, 5) is 6.75. The van der Waals surface area contributed by atoms with Crippen LogP contribution in [0.25, 0.3) is 11.0 Å². The highest BCUT2D eigenvalue weighted by atomic mass is 15.1. The highest BCUT2D eigenvalue weighted by Crippen LogP contribution is 2.11. The Morgan fingerprint density at radius 2 is 2.11 bits per heavy atom. The fourth-order valence-corrected chi connectivity index (χ4v) is 2.03. The Morgan fingerprint density at radius 1 is 1.28 bits per heavy atom. The molecule has 0 fully saturated rings. The highest BCUT2D eigenvalue weighted by Gasteiger charge is 2.02. The van der Waals surface area contributed by atoms with Crippen molar-refractivity contribution in [1.29, 1.82) is 0 Å². The number of hydrogen-bond donors (Lipinski definition) is 1. The van der Waals surface area contributed by atoms with Gasteiger partial charge in [0.05, 0.1) is 17.4 Å². The molecule has 0 saturated heterocycles. The molecule has 1 N–H and O–H groups in total. The summed E-state index contributed by atoms with van der Waals surface area (Å²) in [6.45, 7) is 7.35. The summed E-state index contributed by atoms with van der Waals surface area (Å²) in [5.41, 5.74) is 2.30. The predicted octanol–water partition coefficient (Wildman–Crippen LogP) is 1.58. The van der Waals surface area contributed by atoms with E-state index in [0.717, 1.165) is 38.2 Å². The summed E-state index contributed by atoms with van der Waals surface area (Å²) >= 11 is 0. The summed E-state index contributed by atoms with van der Waals surface area (Å²) in [6.07, 6.45) is 1.93. The summed E-state index contributed by atoms with van der Waals surface area (Å²) in [6, 6.07) is 8.28. The van der Waals surface area contributed by atoms with E-state index >= 15 is 0 Å². The minimum atomic E-state index is 0.989. The molecule has 0 atom stereocenters. The first kappa shape index (κ1) is 13.1. The van der Waals surface area contributed by atoms with Crippen LogP contribution in [0.4, 0.5) is 0 Å². The van der Waals surface area contributed by atoms with Crippen molar-refractivity contribution in [2.24, 2.45) is 0 Å². The first-order valence-electron chi connectivity index (χ1n) is 6.60. The summed E-state index contributed by atoms with van der Waals surface area (Å²) in [7, 11) is 2.16. The van der Waals surface area contributed by atoms with E-state index in [9.17, 15) is 0 Å². The van der Waals surface area contributed by atoms with Gasteiger partial charge in [0.2, 0.25) is 0 Å². The molecule has 4 heteroatoms. The van der Waals surface area contributed by atoms with Gasteiger partial charge in [-0.05, 0) is 25.7 Å². The van der Waals surface area contributed by atoms with Gasteiger partial charge in [0, 0.05) is 26.2 Å². The number of imidazole rings is 1. The van der Waals surface area contributed by atoms with Crippen molar-refractivity contribution in [2.75, 3.05) is 33.2 Å². The van der Waals surface area contributed by atoms with Crippen LogP contribution in [0.2, 0.25) is 0 Å². The van der Waals surface area contributed by atoms with Crippen LogP contribution in [-0.2, 0) is 6.54 Å². The molecule has 0 unspecified atom stereocenters. The first-order chi connectivity index (χ1) is 8.81. The van der Waals surface area contributed by atoms with Crippen molar-refractivity contribution in [3.63, 3.8) is 0 Å². The number of likely N-dealkylation sites (N-methyl/N-ethyl adjacent to an activating group) is 2. The summed E-state index contributed by atoms with van der Waals surface area (Å²) < 4.78 is 2.22. The second-order valence-corrected chi connectivity index (χ2v) is 4.58. The standard InChI is InChI=1S/C14H22N4/c1-3-15-8-9-17(2)10-11-18-12-16-13-6-4-5-7-14(13)18/h4-7,12,15H,3,8-11H2,1-2H3. The van der Waals surface area contributed by atoms with E-state index in [0.29, 0.717) is 0 Å². The molecule has 1 aromatic heterocycles. The Morgan fingerprint density at radius 3 is 2.94 bits per heavy atom. The highest BCUT2D eigenvalue weighted by molar-refractivity contribution is 5.74. The first-order valence-corrected chi connectivity index (χ1v) is 6.60. The van der Waals surface area contributed by atoms with E-state index in [1.165, 1.54) is 5.52 Å². The van der Waals surface area contributed by atoms with Gasteiger partial charge in [-0.3, -0.25) is 0 Å². The largest absolute Gasteiger partial charge is 0.329 e. The zero-order valence-corrected chi connectivity index (χ0v) is 11.3. The number of rotatable bonds is 7. The monoisotopic (exact) mass is 246 g/mol. The van der Waals surface area contributed by atoms with Crippen LogP contribution >= 0.6 is 0 Å². The maximum Gasteiger partial charge on any atom is 0.0958 e. The van der Waals surface area contributed by atoms with E-state index in [1.807, 2.05) is 12.4 Å². The lowest BCUT2D eigenvalue weighted by Gasteiger charge is -2.17. The Balaban J connectivity index is 1.86. The van der Waals surface area contributed by atoms with Gasteiger partial charge in [0.25, 0.3) is 0 Å². The smallest absolute Gasteiger partial charge is 0.0958 e. The van der Waals surface area contributed by atoms with Crippen molar-refractivity contribution in [3.05, 3.63) is 30.6 Å². The molecule has 1 heterocycles. The molecule has 0 radical (unpaired) electrons. The van der Waals surface area contributed by atoms with E-state index < -0.39 is 0 Å². The number of aromatic nitrogens is 2. The fourth-order valence-electron chi connectivity index (χ4n) is 2.03. The summed E-state index contributed by atoms with van der Waals surface area (Å²) in [5, 5.41) is 3.34. The average molecular weight is 246 g/mol. The molecule has 0 aliphatic carbocycles. The molecule has 2 rings (SSSR count). The molecular formula is C14H22N4. The van der Waals surface area contributed by atoms with Gasteiger partial charge < -0.3 is 14.8 Å². The molecule has 4 nitrogen and oxygen atoms in total. The van der Waals surface area contributed by atoms with E-state index in [-0.39, 0.29) is 0 Å². The minimum Gasteiger partial charge on any atom is -0.329 e. The maximum absolute atomic E-state index is 4.40. The molecule has 0 aliphatic heterocycles. The van der Waals surface area contributed by atoms with Crippen LogP contribution in [0.5, 0.6) is 0 Å². The number of para-hydroxylation sites is 2. The second kappa shape index (κ2) is 6.52. The quantitative estimate of drug-likeness (QED) is 0.753.